The van der Waals surface area contributed by atoms with E-state index in [9.17, 15) is 15.0 Å². The number of anilines is 1. The van der Waals surface area contributed by atoms with Crippen LogP contribution in [0.5, 0.6) is 0 Å². The van der Waals surface area contributed by atoms with Gasteiger partial charge in [0.1, 0.15) is 29.8 Å². The van der Waals surface area contributed by atoms with Gasteiger partial charge in [-0.05, 0) is 6.92 Å². The quantitative estimate of drug-likeness (QED) is 0.481. The number of hydrogen-bond donors (Lipinski definition) is 4. The number of hydrogen-bond acceptors (Lipinski definition) is 9. The summed E-state index contributed by atoms with van der Waals surface area (Å²) in [5, 5.41) is 36.9. The Labute approximate surface area is 135 Å². The van der Waals surface area contributed by atoms with Gasteiger partial charge in [0.2, 0.25) is 0 Å². The van der Waals surface area contributed by atoms with Crippen molar-refractivity contribution in [2.45, 2.75) is 38.0 Å². The van der Waals surface area contributed by atoms with E-state index >= 15 is 0 Å². The van der Waals surface area contributed by atoms with Crippen molar-refractivity contribution in [1.29, 1.82) is 0 Å². The fraction of sp³-hybridized carbons (Fsp3) is 0.538. The van der Waals surface area contributed by atoms with Crippen molar-refractivity contribution in [2.75, 3.05) is 12.3 Å². The first kappa shape index (κ1) is 16.5. The van der Waals surface area contributed by atoms with Crippen molar-refractivity contribution < 1.29 is 20.1 Å². The molecule has 4 atom stereocenters. The molecule has 0 saturated carbocycles. The normalized spacial score (nSPS) is 26.8. The largest absolute Gasteiger partial charge is 0.394 e. The molecule has 1 fully saturated rings. The van der Waals surface area contributed by atoms with Gasteiger partial charge in [-0.1, -0.05) is 5.21 Å². The van der Waals surface area contributed by atoms with Crippen LogP contribution in [0.4, 0.5) is 5.82 Å². The van der Waals surface area contributed by atoms with Crippen LogP contribution in [-0.2, 0) is 11.3 Å². The van der Waals surface area contributed by atoms with Gasteiger partial charge in [0, 0.05) is 12.7 Å². The van der Waals surface area contributed by atoms with Crippen LogP contribution in [0, 0.1) is 0 Å². The summed E-state index contributed by atoms with van der Waals surface area (Å²) in [6.07, 6.45) is -1.94. The molecule has 0 radical (unpaired) electrons. The van der Waals surface area contributed by atoms with Gasteiger partial charge in [0.15, 0.2) is 6.23 Å². The Bertz CT molecular complexity index is 789. The van der Waals surface area contributed by atoms with Crippen LogP contribution < -0.4 is 11.4 Å². The molecule has 0 spiro atoms. The average Bonchev–Trinajstić information content (AvgIpc) is 3.14. The molecule has 1 saturated heterocycles. The van der Waals surface area contributed by atoms with E-state index in [1.807, 2.05) is 6.92 Å². The molecule has 2 aromatic heterocycles. The van der Waals surface area contributed by atoms with Crippen LogP contribution in [0.25, 0.3) is 11.3 Å². The molecular formula is C13H18N6O5. The molecule has 1 aliphatic heterocycles. The number of nitrogens with zero attached hydrogens (tertiary/aromatic N) is 5. The molecule has 24 heavy (non-hydrogen) atoms. The Morgan fingerprint density at radius 2 is 2.08 bits per heavy atom. The summed E-state index contributed by atoms with van der Waals surface area (Å²) in [7, 11) is 0. The lowest BCUT2D eigenvalue weighted by Gasteiger charge is -2.18. The van der Waals surface area contributed by atoms with E-state index in [1.165, 1.54) is 6.20 Å². The summed E-state index contributed by atoms with van der Waals surface area (Å²) in [4.78, 5) is 15.8. The summed E-state index contributed by atoms with van der Waals surface area (Å²) in [5.41, 5.74) is 5.78. The number of nitrogen functional groups attached to an aromatic ring is 1. The Balaban J connectivity index is 2.03. The van der Waals surface area contributed by atoms with Crippen LogP contribution in [-0.4, -0.2) is 64.8 Å². The molecule has 0 bridgehead atoms. The zero-order valence-electron chi connectivity index (χ0n) is 12.8. The molecule has 0 aromatic carbocycles. The zero-order valence-corrected chi connectivity index (χ0v) is 12.8. The molecule has 1 unspecified atom stereocenters. The number of ether oxygens (including phenoxy) is 1. The smallest absolute Gasteiger partial charge is 0.351 e. The lowest BCUT2D eigenvalue weighted by molar-refractivity contribution is -0.0548. The second-order valence-electron chi connectivity index (χ2n) is 5.42. The molecule has 0 aliphatic carbocycles. The Kier molecular flexibility index (Phi) is 4.32. The lowest BCUT2D eigenvalue weighted by atomic mass is 10.1. The highest BCUT2D eigenvalue weighted by Gasteiger charge is 2.44. The standard InChI is InChI=1S/C13H18N6O5/c1-2-18-4-7(16-17-18)6-3-19(13(23)15-11(6)14)12-10(22)9(21)8(5-20)24-12/h3-4,8-10,12,20-22H,2,5H2,1H3,(H2,14,15,23)/t8-,9?,10+,12-/m1/s1. The maximum absolute atomic E-state index is 12.1. The number of nitrogens with two attached hydrogens (primary N) is 1. The van der Waals surface area contributed by atoms with Gasteiger partial charge in [-0.25, -0.2) is 4.79 Å². The lowest BCUT2D eigenvalue weighted by Crippen LogP contribution is -2.36. The molecule has 11 nitrogen and oxygen atoms in total. The van der Waals surface area contributed by atoms with Gasteiger partial charge in [-0.3, -0.25) is 9.25 Å². The van der Waals surface area contributed by atoms with Crippen molar-refractivity contribution in [3.8, 4) is 11.3 Å². The maximum Gasteiger partial charge on any atom is 0.351 e. The minimum atomic E-state index is -1.40. The second-order valence-corrected chi connectivity index (χ2v) is 5.42. The highest BCUT2D eigenvalue weighted by molar-refractivity contribution is 5.68. The molecule has 0 amide bonds. The van der Waals surface area contributed by atoms with Crippen molar-refractivity contribution in [3.63, 3.8) is 0 Å². The molecule has 2 aromatic rings. The molecule has 11 heteroatoms. The molecule has 3 rings (SSSR count). The van der Waals surface area contributed by atoms with Gasteiger partial charge in [-0.15, -0.1) is 5.10 Å². The topological polar surface area (TPSA) is 162 Å². The third-order valence-electron chi connectivity index (χ3n) is 3.91. The van der Waals surface area contributed by atoms with Gasteiger partial charge in [0.25, 0.3) is 0 Å². The third-order valence-corrected chi connectivity index (χ3v) is 3.91. The minimum absolute atomic E-state index is 0.0360. The van der Waals surface area contributed by atoms with E-state index in [0.29, 0.717) is 17.8 Å². The van der Waals surface area contributed by atoms with Crippen LogP contribution >= 0.6 is 0 Å². The predicted molar refractivity (Wildman–Crippen MR) is 80.6 cm³/mol. The predicted octanol–water partition coefficient (Wildman–Crippen LogP) is -2.28. The number of rotatable bonds is 4. The minimum Gasteiger partial charge on any atom is -0.394 e. The first-order valence-corrected chi connectivity index (χ1v) is 7.37. The maximum atomic E-state index is 12.1. The first-order valence-electron chi connectivity index (χ1n) is 7.37. The summed E-state index contributed by atoms with van der Waals surface area (Å²) in [6.45, 7) is 2.00. The van der Waals surface area contributed by atoms with Crippen LogP contribution in [0.3, 0.4) is 0 Å². The molecule has 1 aliphatic rings. The summed E-state index contributed by atoms with van der Waals surface area (Å²) >= 11 is 0. The van der Waals surface area contributed by atoms with Gasteiger partial charge in [-0.2, -0.15) is 4.98 Å². The van der Waals surface area contributed by atoms with Crippen LogP contribution in [0.2, 0.25) is 0 Å². The van der Waals surface area contributed by atoms with E-state index in [2.05, 4.69) is 15.3 Å². The monoisotopic (exact) mass is 338 g/mol. The first-order chi connectivity index (χ1) is 11.5. The van der Waals surface area contributed by atoms with Gasteiger partial charge >= 0.3 is 5.69 Å². The van der Waals surface area contributed by atoms with Gasteiger partial charge < -0.3 is 25.8 Å². The average molecular weight is 338 g/mol. The Morgan fingerprint density at radius 1 is 1.33 bits per heavy atom. The molecule has 130 valence electrons. The van der Waals surface area contributed by atoms with Crippen molar-refractivity contribution in [1.82, 2.24) is 24.5 Å². The fourth-order valence-corrected chi connectivity index (χ4v) is 2.55. The zero-order chi connectivity index (χ0) is 17.4. The summed E-state index contributed by atoms with van der Waals surface area (Å²) < 4.78 is 7.94. The SMILES string of the molecule is CCn1cc(-c2cn([C@@H]3O[C@H](CO)C(O)[C@@H]3O)c(=O)nc2N)nn1. The number of aliphatic hydroxyl groups is 3. The summed E-state index contributed by atoms with van der Waals surface area (Å²) in [5.74, 6) is -0.0360. The summed E-state index contributed by atoms with van der Waals surface area (Å²) in [6, 6.07) is 0. The number of aliphatic hydroxyl groups excluding tert-OH is 3. The fourth-order valence-electron chi connectivity index (χ4n) is 2.55. The molecule has 3 heterocycles. The van der Waals surface area contributed by atoms with E-state index in [1.54, 1.807) is 10.9 Å². The molecular weight excluding hydrogens is 320 g/mol. The Hall–Kier alpha value is -2.34. The number of aromatic nitrogens is 5. The van der Waals surface area contributed by atoms with Crippen molar-refractivity contribution in [3.05, 3.63) is 22.9 Å². The molecule has 5 N–H and O–H groups in total. The van der Waals surface area contributed by atoms with E-state index in [0.717, 1.165) is 4.57 Å². The third kappa shape index (κ3) is 2.67. The Morgan fingerprint density at radius 3 is 2.67 bits per heavy atom. The highest BCUT2D eigenvalue weighted by Crippen LogP contribution is 2.30. The van der Waals surface area contributed by atoms with Crippen LogP contribution in [0.15, 0.2) is 17.2 Å². The van der Waals surface area contributed by atoms with Crippen molar-refractivity contribution in [2.24, 2.45) is 0 Å². The highest BCUT2D eigenvalue weighted by atomic mass is 16.6. The van der Waals surface area contributed by atoms with Crippen molar-refractivity contribution >= 4 is 5.82 Å². The second kappa shape index (κ2) is 6.28. The number of aryl methyl sites for hydroxylation is 1. The van der Waals surface area contributed by atoms with E-state index in [-0.39, 0.29) is 5.82 Å². The van der Waals surface area contributed by atoms with Gasteiger partial charge in [0.05, 0.1) is 18.4 Å². The van der Waals surface area contributed by atoms with E-state index < -0.39 is 36.8 Å². The van der Waals surface area contributed by atoms with E-state index in [4.69, 9.17) is 15.6 Å². The van der Waals surface area contributed by atoms with Crippen LogP contribution in [0.1, 0.15) is 13.2 Å².